The van der Waals surface area contributed by atoms with Gasteiger partial charge in [0.25, 0.3) is 0 Å². The van der Waals surface area contributed by atoms with E-state index in [-0.39, 0.29) is 11.3 Å². The summed E-state index contributed by atoms with van der Waals surface area (Å²) in [6.07, 6.45) is 3.51. The highest BCUT2D eigenvalue weighted by molar-refractivity contribution is 6.30. The number of rotatable bonds is 3. The fraction of sp³-hybridized carbons (Fsp3) is 0.267. The van der Waals surface area contributed by atoms with Crippen molar-refractivity contribution in [2.45, 2.75) is 18.8 Å². The second kappa shape index (κ2) is 5.01. The highest BCUT2D eigenvalue weighted by Crippen LogP contribution is 2.43. The molecule has 1 saturated carbocycles. The van der Waals surface area contributed by atoms with Crippen LogP contribution in [0, 0.1) is 11.6 Å². The molecule has 0 atom stereocenters. The van der Waals surface area contributed by atoms with Crippen LogP contribution in [-0.2, 0) is 0 Å². The van der Waals surface area contributed by atoms with E-state index >= 15 is 0 Å². The van der Waals surface area contributed by atoms with Gasteiger partial charge in [0, 0.05) is 23.6 Å². The Hall–Kier alpha value is -2.51. The Morgan fingerprint density at radius 3 is 2.74 bits per heavy atom. The predicted molar refractivity (Wildman–Crippen MR) is 80.0 cm³/mol. The maximum absolute atomic E-state index is 14.1. The first-order valence-corrected chi connectivity index (χ1v) is 7.13. The average Bonchev–Trinajstić information content (AvgIpc) is 3.30. The van der Waals surface area contributed by atoms with E-state index in [0.29, 0.717) is 29.1 Å². The van der Waals surface area contributed by atoms with Crippen LogP contribution in [0.15, 0.2) is 18.3 Å². The molecule has 0 N–H and O–H groups in total. The number of hydrogen-bond donors (Lipinski definition) is 0. The lowest BCUT2D eigenvalue weighted by Crippen LogP contribution is -2.16. The molecule has 2 radical (unpaired) electrons. The molecule has 0 saturated heterocycles. The van der Waals surface area contributed by atoms with Crippen molar-refractivity contribution in [1.29, 1.82) is 0 Å². The fourth-order valence-corrected chi connectivity index (χ4v) is 2.54. The first kappa shape index (κ1) is 14.1. The molecule has 1 fully saturated rings. The van der Waals surface area contributed by atoms with E-state index < -0.39 is 11.6 Å². The summed E-state index contributed by atoms with van der Waals surface area (Å²) in [7, 11) is 7.03. The van der Waals surface area contributed by atoms with E-state index in [1.807, 2.05) is 0 Å². The molecule has 4 rings (SSSR count). The molecule has 1 aliphatic rings. The van der Waals surface area contributed by atoms with E-state index in [9.17, 15) is 8.78 Å². The van der Waals surface area contributed by atoms with Crippen LogP contribution < -0.4 is 10.3 Å². The molecule has 0 unspecified atom stereocenters. The normalized spacial score (nSPS) is 14.4. The zero-order valence-electron chi connectivity index (χ0n) is 12.3. The largest absolute Gasteiger partial charge is 0.495 e. The zero-order valence-corrected chi connectivity index (χ0v) is 12.3. The predicted octanol–water partition coefficient (Wildman–Crippen LogP) is 1.75. The van der Waals surface area contributed by atoms with E-state index in [4.69, 9.17) is 12.6 Å². The standard InChI is InChI=1S/C15H11BF2N4O/c1-23-11-5-12-19-6-10(22(12)21-13(11)7-2-3-7)14-8(17)4-9(18)15(16)20-14/h4-7H,2-3H2,1H3. The van der Waals surface area contributed by atoms with Crippen molar-refractivity contribution in [2.75, 3.05) is 7.11 Å². The third-order valence-corrected chi connectivity index (χ3v) is 3.87. The Kier molecular flexibility index (Phi) is 3.07. The van der Waals surface area contributed by atoms with Crippen LogP contribution in [0.2, 0.25) is 0 Å². The monoisotopic (exact) mass is 312 g/mol. The molecule has 114 valence electrons. The molecule has 3 heterocycles. The van der Waals surface area contributed by atoms with Crippen LogP contribution >= 0.6 is 0 Å². The molecule has 23 heavy (non-hydrogen) atoms. The van der Waals surface area contributed by atoms with Gasteiger partial charge in [0.15, 0.2) is 11.5 Å². The van der Waals surface area contributed by atoms with Gasteiger partial charge in [0.05, 0.1) is 13.3 Å². The molecule has 3 aromatic rings. The maximum Gasteiger partial charge on any atom is 0.157 e. The smallest absolute Gasteiger partial charge is 0.157 e. The number of aromatic nitrogens is 4. The number of pyridine rings is 1. The molecule has 0 aromatic carbocycles. The summed E-state index contributed by atoms with van der Waals surface area (Å²) in [4.78, 5) is 7.99. The van der Waals surface area contributed by atoms with Gasteiger partial charge < -0.3 is 4.74 Å². The minimum atomic E-state index is -0.895. The summed E-state index contributed by atoms with van der Waals surface area (Å²) in [5, 5.41) is 4.53. The first-order chi connectivity index (χ1) is 11.1. The minimum absolute atomic E-state index is 0.0872. The summed E-state index contributed by atoms with van der Waals surface area (Å²) in [6, 6.07) is 2.46. The average molecular weight is 312 g/mol. The molecule has 5 nitrogen and oxygen atoms in total. The van der Waals surface area contributed by atoms with Gasteiger partial charge in [-0.3, -0.25) is 4.98 Å². The molecule has 3 aromatic heterocycles. The van der Waals surface area contributed by atoms with Gasteiger partial charge in [0.2, 0.25) is 0 Å². The number of halogens is 2. The SMILES string of the molecule is [B]c1nc(-c2cnc3cc(OC)c(C4CC4)nn23)c(F)cc1F. The molecule has 8 heteroatoms. The third-order valence-electron chi connectivity index (χ3n) is 3.87. The lowest BCUT2D eigenvalue weighted by Gasteiger charge is -2.09. The summed E-state index contributed by atoms with van der Waals surface area (Å²) in [6.45, 7) is 0. The molecule has 1 aliphatic carbocycles. The van der Waals surface area contributed by atoms with E-state index in [1.54, 1.807) is 13.2 Å². The highest BCUT2D eigenvalue weighted by atomic mass is 19.1. The van der Waals surface area contributed by atoms with Gasteiger partial charge in [-0.2, -0.15) is 5.10 Å². The molecular weight excluding hydrogens is 301 g/mol. The van der Waals surface area contributed by atoms with Crippen molar-refractivity contribution in [2.24, 2.45) is 0 Å². The van der Waals surface area contributed by atoms with Gasteiger partial charge in [-0.05, 0) is 12.8 Å². The summed E-state index contributed by atoms with van der Waals surface area (Å²) in [5.74, 6) is -0.720. The van der Waals surface area contributed by atoms with Crippen LogP contribution in [0.3, 0.4) is 0 Å². The van der Waals surface area contributed by atoms with Gasteiger partial charge in [0.1, 0.15) is 36.5 Å². The number of fused-ring (bicyclic) bond motifs is 1. The topological polar surface area (TPSA) is 52.3 Å². The Morgan fingerprint density at radius 2 is 2.04 bits per heavy atom. The van der Waals surface area contributed by atoms with Crippen molar-refractivity contribution in [3.05, 3.63) is 35.7 Å². The molecular formula is C15H11BF2N4O. The number of methoxy groups -OCH3 is 1. The van der Waals surface area contributed by atoms with E-state index in [1.165, 1.54) is 10.7 Å². The van der Waals surface area contributed by atoms with Gasteiger partial charge >= 0.3 is 0 Å². The Balaban J connectivity index is 1.94. The number of hydrogen-bond acceptors (Lipinski definition) is 4. The molecule has 0 bridgehead atoms. The van der Waals surface area contributed by atoms with Crippen LogP contribution in [0.5, 0.6) is 5.75 Å². The van der Waals surface area contributed by atoms with Gasteiger partial charge in [-0.25, -0.2) is 18.3 Å². The Morgan fingerprint density at radius 1 is 1.26 bits per heavy atom. The van der Waals surface area contributed by atoms with Crippen LogP contribution in [0.4, 0.5) is 8.78 Å². The lowest BCUT2D eigenvalue weighted by molar-refractivity contribution is 0.405. The van der Waals surface area contributed by atoms with Crippen molar-refractivity contribution in [1.82, 2.24) is 19.6 Å². The lowest BCUT2D eigenvalue weighted by atomic mass is 10.0. The fourth-order valence-electron chi connectivity index (χ4n) is 2.54. The van der Waals surface area contributed by atoms with Crippen LogP contribution in [0.25, 0.3) is 17.0 Å². The quantitative estimate of drug-likeness (QED) is 0.692. The van der Waals surface area contributed by atoms with Crippen molar-refractivity contribution in [3.8, 4) is 17.1 Å². The zero-order chi connectivity index (χ0) is 16.1. The molecule has 0 amide bonds. The Labute approximate surface area is 131 Å². The maximum atomic E-state index is 14.1. The minimum Gasteiger partial charge on any atom is -0.495 e. The number of imidazole rings is 1. The van der Waals surface area contributed by atoms with Crippen LogP contribution in [0.1, 0.15) is 24.5 Å². The van der Waals surface area contributed by atoms with Crippen molar-refractivity contribution in [3.63, 3.8) is 0 Å². The molecule has 0 aliphatic heterocycles. The second-order valence-corrected chi connectivity index (χ2v) is 5.47. The third kappa shape index (κ3) is 2.25. The highest BCUT2D eigenvalue weighted by Gasteiger charge is 2.30. The van der Waals surface area contributed by atoms with Crippen molar-refractivity contribution >= 4 is 19.1 Å². The Bertz CT molecular complexity index is 923. The molecule has 0 spiro atoms. The van der Waals surface area contributed by atoms with E-state index in [0.717, 1.165) is 18.5 Å². The summed E-state index contributed by atoms with van der Waals surface area (Å²) in [5.41, 5.74) is 1.15. The van der Waals surface area contributed by atoms with E-state index in [2.05, 4.69) is 15.1 Å². The first-order valence-electron chi connectivity index (χ1n) is 7.13. The number of nitrogens with zero attached hydrogens (tertiary/aromatic N) is 4. The van der Waals surface area contributed by atoms with Gasteiger partial charge in [-0.1, -0.05) is 0 Å². The number of ether oxygens (including phenoxy) is 1. The van der Waals surface area contributed by atoms with Crippen LogP contribution in [-0.4, -0.2) is 34.5 Å². The van der Waals surface area contributed by atoms with Gasteiger partial charge in [-0.15, -0.1) is 0 Å². The van der Waals surface area contributed by atoms with Crippen molar-refractivity contribution < 1.29 is 13.5 Å². The summed E-state index contributed by atoms with van der Waals surface area (Å²) < 4.78 is 34.2. The summed E-state index contributed by atoms with van der Waals surface area (Å²) >= 11 is 0. The second-order valence-electron chi connectivity index (χ2n) is 5.47.